The summed E-state index contributed by atoms with van der Waals surface area (Å²) in [5.41, 5.74) is 10.2. The van der Waals surface area contributed by atoms with Crippen molar-refractivity contribution in [2.24, 2.45) is 0 Å². The molecule has 0 radical (unpaired) electrons. The van der Waals surface area contributed by atoms with E-state index in [4.69, 9.17) is 0 Å². The number of benzene rings is 4. The van der Waals surface area contributed by atoms with Crippen molar-refractivity contribution in [2.45, 2.75) is 25.8 Å². The van der Waals surface area contributed by atoms with Crippen LogP contribution in [0.4, 0.5) is 0 Å². The van der Waals surface area contributed by atoms with Gasteiger partial charge in [0.15, 0.2) is 0 Å². The summed E-state index contributed by atoms with van der Waals surface area (Å²) < 4.78 is 0. The van der Waals surface area contributed by atoms with E-state index in [1.165, 1.54) is 55.4 Å². The predicted molar refractivity (Wildman–Crippen MR) is 149 cm³/mol. The van der Waals surface area contributed by atoms with E-state index in [0.717, 1.165) is 12.8 Å². The normalized spacial score (nSPS) is 17.4. The van der Waals surface area contributed by atoms with E-state index < -0.39 is 0 Å². The molecular weight excluding hydrogens is 422 g/mol. The van der Waals surface area contributed by atoms with E-state index in [2.05, 4.69) is 134 Å². The highest BCUT2D eigenvalue weighted by molar-refractivity contribution is 5.90. The van der Waals surface area contributed by atoms with Crippen molar-refractivity contribution in [3.63, 3.8) is 0 Å². The van der Waals surface area contributed by atoms with E-state index in [0.29, 0.717) is 0 Å². The van der Waals surface area contributed by atoms with E-state index in [-0.39, 0.29) is 6.04 Å². The molecule has 4 aromatic carbocycles. The van der Waals surface area contributed by atoms with Crippen LogP contribution in [0.2, 0.25) is 0 Å². The van der Waals surface area contributed by atoms with Crippen LogP contribution in [0.3, 0.4) is 0 Å². The second-order valence-electron chi connectivity index (χ2n) is 9.46. The zero-order chi connectivity index (χ0) is 23.6. The van der Waals surface area contributed by atoms with E-state index >= 15 is 0 Å². The molecule has 1 N–H and O–H groups in total. The fourth-order valence-electron chi connectivity index (χ4n) is 5.19. The highest BCUT2D eigenvalue weighted by Gasteiger charge is 2.19. The summed E-state index contributed by atoms with van der Waals surface area (Å²) in [6.07, 6.45) is 13.6. The molecule has 1 heterocycles. The first kappa shape index (κ1) is 21.4. The molecule has 1 unspecified atom stereocenters. The lowest BCUT2D eigenvalue weighted by Crippen LogP contribution is -2.22. The number of nitrogens with one attached hydrogen (secondary N) is 1. The van der Waals surface area contributed by atoms with Crippen molar-refractivity contribution in [3.05, 3.63) is 149 Å². The Labute approximate surface area is 207 Å². The molecule has 0 saturated carbocycles. The number of aryl methyl sites for hydroxylation is 1. The highest BCUT2D eigenvalue weighted by Crippen LogP contribution is 2.34. The average molecular weight is 452 g/mol. The average Bonchev–Trinajstić information content (AvgIpc) is 2.94. The van der Waals surface area contributed by atoms with Crippen molar-refractivity contribution in [2.75, 3.05) is 0 Å². The number of fused-ring (bicyclic) bond motifs is 1. The van der Waals surface area contributed by atoms with Crippen LogP contribution in [0.1, 0.15) is 35.6 Å². The Balaban J connectivity index is 1.35. The largest absolute Gasteiger partial charge is 0.374 e. The maximum Gasteiger partial charge on any atom is 0.0707 e. The topological polar surface area (TPSA) is 12.0 Å². The summed E-state index contributed by atoms with van der Waals surface area (Å²) in [5, 5.41) is 6.40. The van der Waals surface area contributed by atoms with Gasteiger partial charge in [0, 0.05) is 5.70 Å². The van der Waals surface area contributed by atoms with Crippen molar-refractivity contribution in [3.8, 4) is 11.1 Å². The molecule has 0 spiro atoms. The first-order valence-corrected chi connectivity index (χ1v) is 12.5. The van der Waals surface area contributed by atoms with E-state index in [1.54, 1.807) is 0 Å². The van der Waals surface area contributed by atoms with Crippen molar-refractivity contribution in [1.82, 2.24) is 5.32 Å². The van der Waals surface area contributed by atoms with Crippen LogP contribution in [0.15, 0.2) is 133 Å². The second kappa shape index (κ2) is 9.27. The summed E-state index contributed by atoms with van der Waals surface area (Å²) >= 11 is 0. The van der Waals surface area contributed by atoms with Crippen LogP contribution >= 0.6 is 0 Å². The van der Waals surface area contributed by atoms with Gasteiger partial charge in [-0.15, -0.1) is 0 Å². The molecule has 170 valence electrons. The summed E-state index contributed by atoms with van der Waals surface area (Å²) in [6, 6.07) is 33.1. The van der Waals surface area contributed by atoms with Crippen molar-refractivity contribution >= 4 is 16.5 Å². The Morgan fingerprint density at radius 2 is 1.54 bits per heavy atom. The minimum atomic E-state index is 0.154. The molecule has 1 nitrogen and oxygen atoms in total. The Morgan fingerprint density at radius 1 is 0.771 bits per heavy atom. The number of hydrogen-bond donors (Lipinski definition) is 1. The fourth-order valence-corrected chi connectivity index (χ4v) is 5.19. The molecule has 0 saturated heterocycles. The van der Waals surface area contributed by atoms with Gasteiger partial charge in [0.05, 0.1) is 6.04 Å². The van der Waals surface area contributed by atoms with Crippen molar-refractivity contribution < 1.29 is 0 Å². The van der Waals surface area contributed by atoms with Gasteiger partial charge in [-0.05, 0) is 81.6 Å². The van der Waals surface area contributed by atoms with Crippen LogP contribution in [-0.4, -0.2) is 0 Å². The Hall–Kier alpha value is -4.10. The summed E-state index contributed by atoms with van der Waals surface area (Å²) in [5.74, 6) is 0. The quantitative estimate of drug-likeness (QED) is 0.327. The predicted octanol–water partition coefficient (Wildman–Crippen LogP) is 8.70. The third-order valence-corrected chi connectivity index (χ3v) is 7.10. The lowest BCUT2D eigenvalue weighted by molar-refractivity contribution is 0.755. The maximum absolute atomic E-state index is 3.79. The Kier molecular flexibility index (Phi) is 5.68. The molecule has 4 aromatic rings. The van der Waals surface area contributed by atoms with Gasteiger partial charge < -0.3 is 5.32 Å². The van der Waals surface area contributed by atoms with Gasteiger partial charge in [-0.2, -0.15) is 0 Å². The molecule has 6 rings (SSSR count). The number of dihydropyridines is 1. The lowest BCUT2D eigenvalue weighted by Gasteiger charge is -2.27. The third kappa shape index (κ3) is 4.38. The fraction of sp³-hybridized carbons (Fsp3) is 0.118. The second-order valence-corrected chi connectivity index (χ2v) is 9.46. The number of allylic oxidation sites excluding steroid dienone is 6. The summed E-state index contributed by atoms with van der Waals surface area (Å²) in [4.78, 5) is 0. The maximum atomic E-state index is 3.79. The minimum Gasteiger partial charge on any atom is -0.374 e. The molecule has 35 heavy (non-hydrogen) atoms. The molecular formula is C34H29N. The smallest absolute Gasteiger partial charge is 0.0707 e. The molecule has 0 bridgehead atoms. The van der Waals surface area contributed by atoms with Gasteiger partial charge in [-0.3, -0.25) is 0 Å². The zero-order valence-electron chi connectivity index (χ0n) is 20.0. The molecule has 1 atom stereocenters. The van der Waals surface area contributed by atoms with Gasteiger partial charge in [0.25, 0.3) is 0 Å². The van der Waals surface area contributed by atoms with Crippen LogP contribution in [0.25, 0.3) is 27.6 Å². The molecule has 2 aliphatic rings. The summed E-state index contributed by atoms with van der Waals surface area (Å²) in [6.45, 7) is 2.20. The van der Waals surface area contributed by atoms with Gasteiger partial charge in [-0.1, -0.05) is 109 Å². The van der Waals surface area contributed by atoms with Crippen molar-refractivity contribution in [1.29, 1.82) is 0 Å². The molecule has 0 amide bonds. The molecule has 1 aliphatic heterocycles. The summed E-state index contributed by atoms with van der Waals surface area (Å²) in [7, 11) is 0. The van der Waals surface area contributed by atoms with Crippen LogP contribution in [-0.2, 0) is 0 Å². The van der Waals surface area contributed by atoms with Gasteiger partial charge in [0.2, 0.25) is 0 Å². The van der Waals surface area contributed by atoms with E-state index in [9.17, 15) is 0 Å². The molecule has 0 aromatic heterocycles. The number of hydrogen-bond acceptors (Lipinski definition) is 1. The zero-order valence-corrected chi connectivity index (χ0v) is 20.0. The standard InChI is InChI=1S/C34H29N/c1-24-20-30(21-29-14-8-9-15-32(24)29)26-16-18-28(19-17-26)34-23-31(25-10-4-2-5-11-25)22-33(35-34)27-12-6-3-7-13-27/h2-4,6-10,12-23,33,35H,5,11H2,1H3. The lowest BCUT2D eigenvalue weighted by atomic mass is 9.89. The van der Waals surface area contributed by atoms with Crippen LogP contribution in [0.5, 0.6) is 0 Å². The van der Waals surface area contributed by atoms with Gasteiger partial charge in [-0.25, -0.2) is 0 Å². The SMILES string of the molecule is Cc1cc(-c2ccc(C3=CC(C4=CC=CCC4)=CC(c4ccccc4)N3)cc2)cc2ccccc12. The van der Waals surface area contributed by atoms with Crippen LogP contribution < -0.4 is 5.32 Å². The highest BCUT2D eigenvalue weighted by atomic mass is 14.9. The Bertz CT molecular complexity index is 1500. The van der Waals surface area contributed by atoms with E-state index in [1.807, 2.05) is 0 Å². The Morgan fingerprint density at radius 3 is 2.34 bits per heavy atom. The van der Waals surface area contributed by atoms with Crippen LogP contribution in [0, 0.1) is 6.92 Å². The van der Waals surface area contributed by atoms with Gasteiger partial charge >= 0.3 is 0 Å². The third-order valence-electron chi connectivity index (χ3n) is 7.10. The monoisotopic (exact) mass is 451 g/mol. The first-order valence-electron chi connectivity index (χ1n) is 12.5. The molecule has 1 heteroatoms. The molecule has 0 fully saturated rings. The number of rotatable bonds is 4. The first-order chi connectivity index (χ1) is 17.2. The minimum absolute atomic E-state index is 0.154. The van der Waals surface area contributed by atoms with Gasteiger partial charge in [0.1, 0.15) is 0 Å². The molecule has 1 aliphatic carbocycles.